The van der Waals surface area contributed by atoms with Crippen molar-refractivity contribution in [2.24, 2.45) is 0 Å². The monoisotopic (exact) mass is 302 g/mol. The average molecular weight is 302 g/mol. The number of carboxylic acid groups (broad SMARTS) is 1. The number of rotatable bonds is 5. The molecule has 0 aromatic rings. The van der Waals surface area contributed by atoms with E-state index in [2.05, 4.69) is 0 Å². The Morgan fingerprint density at radius 3 is 2.85 bits per heavy atom. The Hall–Kier alpha value is -1.28. The Balaban J connectivity index is 1.85. The predicted molar refractivity (Wildman–Crippen MR) is 72.6 cm³/mol. The molecule has 2 rings (SSSR count). The molecule has 2 aliphatic rings. The standard InChI is InChI=1S/C12H18N2O5S/c15-10(1-2-13-4-6-20-12(13)18)14-3-5-19-8-9(14)7-11(16)17/h9H,1-8H2,(H,16,17). The normalized spacial score (nSPS) is 23.2. The first-order valence-corrected chi connectivity index (χ1v) is 7.57. The Kier molecular flexibility index (Phi) is 5.24. The van der Waals surface area contributed by atoms with Gasteiger partial charge >= 0.3 is 5.97 Å². The maximum atomic E-state index is 12.2. The molecule has 8 heteroatoms. The third kappa shape index (κ3) is 3.86. The third-order valence-corrected chi connectivity index (χ3v) is 4.29. The van der Waals surface area contributed by atoms with Gasteiger partial charge in [0.25, 0.3) is 5.24 Å². The lowest BCUT2D eigenvalue weighted by Gasteiger charge is -2.35. The zero-order valence-corrected chi connectivity index (χ0v) is 11.9. The number of nitrogens with zero attached hydrogens (tertiary/aromatic N) is 2. The first-order valence-electron chi connectivity index (χ1n) is 6.58. The fourth-order valence-corrected chi connectivity index (χ4v) is 3.21. The summed E-state index contributed by atoms with van der Waals surface area (Å²) in [6.07, 6.45) is 0.132. The van der Waals surface area contributed by atoms with Crippen molar-refractivity contribution in [3.8, 4) is 0 Å². The third-order valence-electron chi connectivity index (χ3n) is 3.40. The van der Waals surface area contributed by atoms with Crippen molar-refractivity contribution in [2.45, 2.75) is 18.9 Å². The van der Waals surface area contributed by atoms with E-state index in [0.717, 1.165) is 5.75 Å². The highest BCUT2D eigenvalue weighted by atomic mass is 32.2. The summed E-state index contributed by atoms with van der Waals surface area (Å²) in [4.78, 5) is 37.7. The number of carbonyl (C=O) groups is 3. The van der Waals surface area contributed by atoms with Crippen molar-refractivity contribution in [2.75, 3.05) is 38.6 Å². The van der Waals surface area contributed by atoms with Gasteiger partial charge in [-0.1, -0.05) is 11.8 Å². The van der Waals surface area contributed by atoms with Crippen LogP contribution >= 0.6 is 11.8 Å². The van der Waals surface area contributed by atoms with Gasteiger partial charge in [0.05, 0.1) is 25.7 Å². The fraction of sp³-hybridized carbons (Fsp3) is 0.750. The van der Waals surface area contributed by atoms with Gasteiger partial charge in [-0.2, -0.15) is 0 Å². The number of carboxylic acids is 1. The minimum atomic E-state index is -0.940. The van der Waals surface area contributed by atoms with Gasteiger partial charge < -0.3 is 19.6 Å². The van der Waals surface area contributed by atoms with E-state index in [4.69, 9.17) is 9.84 Å². The number of amides is 2. The van der Waals surface area contributed by atoms with Crippen LogP contribution in [-0.4, -0.2) is 76.7 Å². The fourth-order valence-electron chi connectivity index (χ4n) is 2.36. The molecule has 20 heavy (non-hydrogen) atoms. The van der Waals surface area contributed by atoms with Crippen LogP contribution in [0.1, 0.15) is 12.8 Å². The van der Waals surface area contributed by atoms with Gasteiger partial charge in [-0.05, 0) is 0 Å². The van der Waals surface area contributed by atoms with Gasteiger partial charge in [-0.25, -0.2) is 0 Å². The molecule has 1 atom stereocenters. The van der Waals surface area contributed by atoms with E-state index in [1.54, 1.807) is 9.80 Å². The lowest BCUT2D eigenvalue weighted by Crippen LogP contribution is -2.50. The molecule has 0 spiro atoms. The molecule has 2 heterocycles. The first kappa shape index (κ1) is 15.1. The summed E-state index contributed by atoms with van der Waals surface area (Å²) in [5.74, 6) is -0.277. The quantitative estimate of drug-likeness (QED) is 0.783. The second-order valence-electron chi connectivity index (χ2n) is 4.77. The highest BCUT2D eigenvalue weighted by molar-refractivity contribution is 8.13. The Bertz CT molecular complexity index is 403. The number of hydrogen-bond donors (Lipinski definition) is 1. The number of carbonyl (C=O) groups excluding carboxylic acids is 2. The van der Waals surface area contributed by atoms with E-state index >= 15 is 0 Å². The molecule has 0 aromatic carbocycles. The Morgan fingerprint density at radius 2 is 2.20 bits per heavy atom. The van der Waals surface area contributed by atoms with Crippen molar-refractivity contribution in [3.63, 3.8) is 0 Å². The summed E-state index contributed by atoms with van der Waals surface area (Å²) in [5, 5.41) is 8.87. The van der Waals surface area contributed by atoms with Crippen molar-refractivity contribution < 1.29 is 24.2 Å². The number of morpholine rings is 1. The summed E-state index contributed by atoms with van der Waals surface area (Å²) in [6.45, 7) is 2.19. The SMILES string of the molecule is O=C(O)CC1COCCN1C(=O)CCN1CCSC1=O. The molecule has 0 saturated carbocycles. The molecule has 1 unspecified atom stereocenters. The summed E-state index contributed by atoms with van der Waals surface area (Å²) in [5.41, 5.74) is 0. The number of thioether (sulfide) groups is 1. The lowest BCUT2D eigenvalue weighted by atomic mass is 10.1. The van der Waals surface area contributed by atoms with Crippen molar-refractivity contribution >= 4 is 28.9 Å². The van der Waals surface area contributed by atoms with Crippen molar-refractivity contribution in [1.29, 1.82) is 0 Å². The largest absolute Gasteiger partial charge is 0.481 e. The van der Waals surface area contributed by atoms with Crippen LogP contribution in [0.5, 0.6) is 0 Å². The number of ether oxygens (including phenoxy) is 1. The van der Waals surface area contributed by atoms with Crippen LogP contribution in [0.15, 0.2) is 0 Å². The molecular weight excluding hydrogens is 284 g/mol. The summed E-state index contributed by atoms with van der Waals surface area (Å²) < 4.78 is 5.23. The summed E-state index contributed by atoms with van der Waals surface area (Å²) in [7, 11) is 0. The predicted octanol–water partition coefficient (Wildman–Crippen LogP) is 0.247. The second kappa shape index (κ2) is 6.94. The van der Waals surface area contributed by atoms with Crippen LogP contribution in [0.25, 0.3) is 0 Å². The molecule has 2 fully saturated rings. The molecule has 0 bridgehead atoms. The van der Waals surface area contributed by atoms with E-state index in [9.17, 15) is 14.4 Å². The van der Waals surface area contributed by atoms with Gasteiger partial charge in [-0.15, -0.1) is 0 Å². The van der Waals surface area contributed by atoms with Gasteiger partial charge in [-0.3, -0.25) is 14.4 Å². The van der Waals surface area contributed by atoms with Crippen molar-refractivity contribution in [3.05, 3.63) is 0 Å². The molecule has 0 aliphatic carbocycles. The van der Waals surface area contributed by atoms with Crippen LogP contribution in [0.2, 0.25) is 0 Å². The van der Waals surface area contributed by atoms with Gasteiger partial charge in [0.2, 0.25) is 5.91 Å². The molecule has 7 nitrogen and oxygen atoms in total. The van der Waals surface area contributed by atoms with Gasteiger partial charge in [0, 0.05) is 31.8 Å². The topological polar surface area (TPSA) is 87.2 Å². The molecule has 1 N–H and O–H groups in total. The van der Waals surface area contributed by atoms with Gasteiger partial charge in [0.1, 0.15) is 0 Å². The van der Waals surface area contributed by atoms with E-state index < -0.39 is 12.0 Å². The highest BCUT2D eigenvalue weighted by Crippen LogP contribution is 2.18. The molecule has 112 valence electrons. The summed E-state index contributed by atoms with van der Waals surface area (Å²) in [6, 6.07) is -0.405. The molecule has 2 saturated heterocycles. The lowest BCUT2D eigenvalue weighted by molar-refractivity contribution is -0.146. The zero-order chi connectivity index (χ0) is 14.5. The first-order chi connectivity index (χ1) is 9.58. The second-order valence-corrected chi connectivity index (χ2v) is 5.81. The molecule has 0 aromatic heterocycles. The van der Waals surface area contributed by atoms with E-state index in [1.807, 2.05) is 0 Å². The van der Waals surface area contributed by atoms with Crippen LogP contribution in [-0.2, 0) is 14.3 Å². The Morgan fingerprint density at radius 1 is 1.40 bits per heavy atom. The maximum Gasteiger partial charge on any atom is 0.305 e. The van der Waals surface area contributed by atoms with Crippen molar-refractivity contribution in [1.82, 2.24) is 9.80 Å². The van der Waals surface area contributed by atoms with E-state index in [0.29, 0.717) is 26.2 Å². The Labute approximate surface area is 121 Å². The molecule has 0 radical (unpaired) electrons. The minimum Gasteiger partial charge on any atom is -0.481 e. The van der Waals surface area contributed by atoms with Crippen LogP contribution < -0.4 is 0 Å². The summed E-state index contributed by atoms with van der Waals surface area (Å²) >= 11 is 1.27. The maximum absolute atomic E-state index is 12.2. The minimum absolute atomic E-state index is 0.0156. The van der Waals surface area contributed by atoms with E-state index in [1.165, 1.54) is 11.8 Å². The molecular formula is C12H18N2O5S. The highest BCUT2D eigenvalue weighted by Gasteiger charge is 2.30. The van der Waals surface area contributed by atoms with Crippen LogP contribution in [0, 0.1) is 0 Å². The molecule has 2 aliphatic heterocycles. The van der Waals surface area contributed by atoms with Crippen LogP contribution in [0.4, 0.5) is 4.79 Å². The van der Waals surface area contributed by atoms with Gasteiger partial charge in [0.15, 0.2) is 0 Å². The van der Waals surface area contributed by atoms with E-state index in [-0.39, 0.29) is 30.6 Å². The average Bonchev–Trinajstić information content (AvgIpc) is 2.81. The van der Waals surface area contributed by atoms with Crippen LogP contribution in [0.3, 0.4) is 0 Å². The number of hydrogen-bond acceptors (Lipinski definition) is 5. The zero-order valence-electron chi connectivity index (χ0n) is 11.1. The number of aliphatic carboxylic acids is 1. The molecule has 2 amide bonds. The smallest absolute Gasteiger partial charge is 0.305 e.